The summed E-state index contributed by atoms with van der Waals surface area (Å²) in [6.45, 7) is 1.92. The van der Waals surface area contributed by atoms with E-state index in [0.29, 0.717) is 0 Å². The highest BCUT2D eigenvalue weighted by molar-refractivity contribution is 7.07. The van der Waals surface area contributed by atoms with Crippen molar-refractivity contribution < 1.29 is 5.11 Å². The van der Waals surface area contributed by atoms with Crippen molar-refractivity contribution in [2.24, 2.45) is 0 Å². The van der Waals surface area contributed by atoms with Gasteiger partial charge in [0.2, 0.25) is 0 Å². The molecule has 0 saturated carbocycles. The molecular weight excluding hydrogens is 256 g/mol. The van der Waals surface area contributed by atoms with E-state index in [1.807, 2.05) is 24.5 Å². The fourth-order valence-electron chi connectivity index (χ4n) is 2.74. The smallest absolute Gasteiger partial charge is 0.0710 e. The molecule has 3 heterocycles. The molecule has 1 aliphatic rings. The Morgan fingerprint density at radius 1 is 1.26 bits per heavy atom. The number of thiophene rings is 1. The molecular formula is C15H18N2OS. The van der Waals surface area contributed by atoms with Crippen molar-refractivity contribution in [1.29, 1.82) is 0 Å². The maximum atomic E-state index is 10.2. The van der Waals surface area contributed by atoms with Crippen molar-refractivity contribution in [2.45, 2.75) is 31.5 Å². The maximum Gasteiger partial charge on any atom is 0.0710 e. The van der Waals surface area contributed by atoms with E-state index in [4.69, 9.17) is 0 Å². The van der Waals surface area contributed by atoms with E-state index in [1.165, 1.54) is 11.1 Å². The largest absolute Gasteiger partial charge is 0.391 e. The van der Waals surface area contributed by atoms with Gasteiger partial charge in [0, 0.05) is 31.5 Å². The van der Waals surface area contributed by atoms with Crippen LogP contribution in [0.15, 0.2) is 41.4 Å². The lowest BCUT2D eigenvalue weighted by atomic mass is 10.0. The van der Waals surface area contributed by atoms with Crippen LogP contribution in [0.5, 0.6) is 0 Å². The standard InChI is InChI=1S/C15H18N2OS/c18-15-3-7-17(10-13-4-8-19-11-13)14(15)9-12-1-5-16-6-2-12/h1-2,4-6,8,11,14-15,18H,3,7,9-10H2/t14-,15+/m0/s1. The van der Waals surface area contributed by atoms with Gasteiger partial charge in [0.25, 0.3) is 0 Å². The summed E-state index contributed by atoms with van der Waals surface area (Å²) in [5.74, 6) is 0. The first kappa shape index (κ1) is 12.8. The lowest BCUT2D eigenvalue weighted by molar-refractivity contribution is 0.112. The minimum absolute atomic E-state index is 0.216. The molecule has 0 aromatic carbocycles. The maximum absolute atomic E-state index is 10.2. The van der Waals surface area contributed by atoms with Crippen molar-refractivity contribution in [3.63, 3.8) is 0 Å². The SMILES string of the molecule is O[C@@H]1CCN(Cc2ccsc2)[C@H]1Cc1ccncc1. The molecule has 0 aliphatic carbocycles. The second kappa shape index (κ2) is 5.82. The fraction of sp³-hybridized carbons (Fsp3) is 0.400. The van der Waals surface area contributed by atoms with Gasteiger partial charge in [-0.3, -0.25) is 9.88 Å². The van der Waals surface area contributed by atoms with Crippen LogP contribution in [0.1, 0.15) is 17.5 Å². The zero-order chi connectivity index (χ0) is 13.1. The topological polar surface area (TPSA) is 36.4 Å². The molecule has 0 radical (unpaired) electrons. The highest BCUT2D eigenvalue weighted by atomic mass is 32.1. The Hall–Kier alpha value is -1.23. The van der Waals surface area contributed by atoms with Crippen LogP contribution in [0.2, 0.25) is 0 Å². The molecule has 1 N–H and O–H groups in total. The summed E-state index contributed by atoms with van der Waals surface area (Å²) in [4.78, 5) is 6.44. The Kier molecular flexibility index (Phi) is 3.92. The van der Waals surface area contributed by atoms with Crippen LogP contribution >= 0.6 is 11.3 Å². The van der Waals surface area contributed by atoms with Gasteiger partial charge in [-0.25, -0.2) is 0 Å². The summed E-state index contributed by atoms with van der Waals surface area (Å²) in [5.41, 5.74) is 2.59. The fourth-order valence-corrected chi connectivity index (χ4v) is 3.40. The van der Waals surface area contributed by atoms with Crippen LogP contribution in [0.4, 0.5) is 0 Å². The summed E-state index contributed by atoms with van der Waals surface area (Å²) >= 11 is 1.73. The van der Waals surface area contributed by atoms with Gasteiger partial charge < -0.3 is 5.11 Å². The number of pyridine rings is 1. The number of likely N-dealkylation sites (tertiary alicyclic amines) is 1. The molecule has 0 amide bonds. The minimum atomic E-state index is -0.216. The molecule has 2 atom stereocenters. The van der Waals surface area contributed by atoms with Gasteiger partial charge in [-0.05, 0) is 52.9 Å². The van der Waals surface area contributed by atoms with Crippen molar-refractivity contribution in [3.8, 4) is 0 Å². The molecule has 100 valence electrons. The summed E-state index contributed by atoms with van der Waals surface area (Å²) < 4.78 is 0. The molecule has 1 fully saturated rings. The summed E-state index contributed by atoms with van der Waals surface area (Å²) in [5, 5.41) is 14.5. The molecule has 3 rings (SSSR count). The summed E-state index contributed by atoms with van der Waals surface area (Å²) in [7, 11) is 0. The summed E-state index contributed by atoms with van der Waals surface area (Å²) in [6.07, 6.45) is 5.19. The van der Waals surface area contributed by atoms with E-state index >= 15 is 0 Å². The molecule has 1 saturated heterocycles. The number of aliphatic hydroxyl groups is 1. The molecule has 0 bridgehead atoms. The Morgan fingerprint density at radius 2 is 2.11 bits per heavy atom. The second-order valence-corrected chi connectivity index (χ2v) is 5.87. The molecule has 3 nitrogen and oxygen atoms in total. The monoisotopic (exact) mass is 274 g/mol. The number of rotatable bonds is 4. The number of nitrogens with zero attached hydrogens (tertiary/aromatic N) is 2. The van der Waals surface area contributed by atoms with Crippen molar-refractivity contribution in [3.05, 3.63) is 52.5 Å². The Balaban J connectivity index is 1.70. The van der Waals surface area contributed by atoms with Crippen molar-refractivity contribution >= 4 is 11.3 Å². The van der Waals surface area contributed by atoms with Gasteiger partial charge in [-0.2, -0.15) is 11.3 Å². The van der Waals surface area contributed by atoms with E-state index in [1.54, 1.807) is 11.3 Å². The van der Waals surface area contributed by atoms with E-state index in [9.17, 15) is 5.11 Å². The van der Waals surface area contributed by atoms with Crippen LogP contribution in [0, 0.1) is 0 Å². The first-order valence-electron chi connectivity index (χ1n) is 6.65. The summed E-state index contributed by atoms with van der Waals surface area (Å²) in [6, 6.07) is 6.46. The number of hydrogen-bond donors (Lipinski definition) is 1. The highest BCUT2D eigenvalue weighted by Gasteiger charge is 2.32. The van der Waals surface area contributed by atoms with Crippen LogP contribution in [0.3, 0.4) is 0 Å². The van der Waals surface area contributed by atoms with Crippen LogP contribution in [-0.4, -0.2) is 33.7 Å². The predicted molar refractivity (Wildman–Crippen MR) is 77.1 cm³/mol. The first-order valence-corrected chi connectivity index (χ1v) is 7.59. The van der Waals surface area contributed by atoms with Gasteiger partial charge >= 0.3 is 0 Å². The average Bonchev–Trinajstić information content (AvgIpc) is 3.05. The van der Waals surface area contributed by atoms with Gasteiger partial charge in [0.05, 0.1) is 6.10 Å². The average molecular weight is 274 g/mol. The third-order valence-corrected chi connectivity index (χ3v) is 4.52. The van der Waals surface area contributed by atoms with E-state index in [2.05, 4.69) is 26.7 Å². The molecule has 0 spiro atoms. The third kappa shape index (κ3) is 3.03. The van der Waals surface area contributed by atoms with E-state index in [0.717, 1.165) is 25.9 Å². The molecule has 1 aliphatic heterocycles. The quantitative estimate of drug-likeness (QED) is 0.929. The van der Waals surface area contributed by atoms with Crippen LogP contribution < -0.4 is 0 Å². The van der Waals surface area contributed by atoms with Gasteiger partial charge in [0.1, 0.15) is 0 Å². The van der Waals surface area contributed by atoms with Gasteiger partial charge in [-0.15, -0.1) is 0 Å². The van der Waals surface area contributed by atoms with Crippen molar-refractivity contribution in [2.75, 3.05) is 6.54 Å². The van der Waals surface area contributed by atoms with Crippen LogP contribution in [-0.2, 0) is 13.0 Å². The molecule has 4 heteroatoms. The van der Waals surface area contributed by atoms with E-state index < -0.39 is 0 Å². The lowest BCUT2D eigenvalue weighted by Gasteiger charge is -2.26. The Bertz CT molecular complexity index is 500. The van der Waals surface area contributed by atoms with Crippen molar-refractivity contribution in [1.82, 2.24) is 9.88 Å². The predicted octanol–water partition coefficient (Wildman–Crippen LogP) is 2.32. The number of hydrogen-bond acceptors (Lipinski definition) is 4. The highest BCUT2D eigenvalue weighted by Crippen LogP contribution is 2.24. The number of aliphatic hydroxyl groups excluding tert-OH is 1. The molecule has 19 heavy (non-hydrogen) atoms. The van der Waals surface area contributed by atoms with Crippen LogP contribution in [0.25, 0.3) is 0 Å². The van der Waals surface area contributed by atoms with Gasteiger partial charge in [-0.1, -0.05) is 0 Å². The molecule has 2 aromatic rings. The number of aromatic nitrogens is 1. The van der Waals surface area contributed by atoms with Gasteiger partial charge in [0.15, 0.2) is 0 Å². The van der Waals surface area contributed by atoms with E-state index in [-0.39, 0.29) is 12.1 Å². The zero-order valence-corrected chi connectivity index (χ0v) is 11.6. The lowest BCUT2D eigenvalue weighted by Crippen LogP contribution is -2.36. The molecule has 2 aromatic heterocycles. The Morgan fingerprint density at radius 3 is 2.84 bits per heavy atom. The second-order valence-electron chi connectivity index (χ2n) is 5.09. The normalized spacial score (nSPS) is 23.8. The Labute approximate surface area is 117 Å². The molecule has 0 unspecified atom stereocenters. The first-order chi connectivity index (χ1) is 9.33. The zero-order valence-electron chi connectivity index (χ0n) is 10.8. The third-order valence-electron chi connectivity index (χ3n) is 3.79. The minimum Gasteiger partial charge on any atom is -0.391 e.